The van der Waals surface area contributed by atoms with Gasteiger partial charge in [-0.2, -0.15) is 0 Å². The van der Waals surface area contributed by atoms with Gasteiger partial charge < -0.3 is 24.8 Å². The van der Waals surface area contributed by atoms with Crippen LogP contribution in [-0.4, -0.2) is 56.3 Å². The van der Waals surface area contributed by atoms with E-state index in [1.54, 1.807) is 57.6 Å². The topological polar surface area (TPSA) is 102 Å². The van der Waals surface area contributed by atoms with Crippen molar-refractivity contribution in [2.45, 2.75) is 13.0 Å². The molecule has 1 aromatic carbocycles. The quantitative estimate of drug-likeness (QED) is 0.626. The molecular weight excluding hydrogens is 400 g/mol. The second kappa shape index (κ2) is 9.84. The number of anilines is 1. The van der Waals surface area contributed by atoms with Crippen molar-refractivity contribution in [3.8, 4) is 11.5 Å². The summed E-state index contributed by atoms with van der Waals surface area (Å²) in [6.07, 6.45) is 1.66. The number of hydrogen-bond donors (Lipinski definition) is 2. The number of benzene rings is 1. The van der Waals surface area contributed by atoms with Crippen LogP contribution in [0.15, 0.2) is 53.9 Å². The third-order valence-electron chi connectivity index (χ3n) is 4.93. The van der Waals surface area contributed by atoms with Crippen LogP contribution in [0.5, 0.6) is 11.5 Å². The molecule has 0 aliphatic carbocycles. The molecule has 0 saturated carbocycles. The summed E-state index contributed by atoms with van der Waals surface area (Å²) in [6, 6.07) is 9.55. The molecule has 1 aliphatic heterocycles. The Bertz CT molecular complexity index is 977. The van der Waals surface area contributed by atoms with Gasteiger partial charge in [0.25, 0.3) is 0 Å². The van der Waals surface area contributed by atoms with Crippen LogP contribution in [0.25, 0.3) is 0 Å². The molecule has 0 fully saturated rings. The van der Waals surface area contributed by atoms with Crippen molar-refractivity contribution in [1.82, 2.24) is 15.2 Å². The summed E-state index contributed by atoms with van der Waals surface area (Å²) in [5.74, 6) is 1.18. The van der Waals surface area contributed by atoms with E-state index in [2.05, 4.69) is 15.6 Å². The zero-order valence-corrected chi connectivity index (χ0v) is 18.0. The average molecular weight is 426 g/mol. The third-order valence-corrected chi connectivity index (χ3v) is 4.93. The lowest BCUT2D eigenvalue weighted by molar-refractivity contribution is -0.139. The summed E-state index contributed by atoms with van der Waals surface area (Å²) in [6.45, 7) is 2.13. The van der Waals surface area contributed by atoms with Crippen LogP contribution >= 0.6 is 0 Å². The second-order valence-electron chi connectivity index (χ2n) is 6.70. The molecular formula is C22H26N4O5. The Morgan fingerprint density at radius 3 is 2.68 bits per heavy atom. The van der Waals surface area contributed by atoms with Crippen molar-refractivity contribution in [3.63, 3.8) is 0 Å². The maximum Gasteiger partial charge on any atom is 0.338 e. The van der Waals surface area contributed by atoms with Gasteiger partial charge in [-0.25, -0.2) is 14.6 Å². The Morgan fingerprint density at radius 1 is 1.23 bits per heavy atom. The van der Waals surface area contributed by atoms with Gasteiger partial charge in [0.2, 0.25) is 0 Å². The number of urea groups is 1. The van der Waals surface area contributed by atoms with E-state index in [1.807, 2.05) is 6.07 Å². The van der Waals surface area contributed by atoms with Gasteiger partial charge in [-0.05, 0) is 31.2 Å². The normalized spacial score (nSPS) is 15.9. The van der Waals surface area contributed by atoms with Crippen molar-refractivity contribution >= 4 is 17.8 Å². The molecule has 0 spiro atoms. The molecule has 2 aromatic rings. The lowest BCUT2D eigenvalue weighted by atomic mass is 9.93. The second-order valence-corrected chi connectivity index (χ2v) is 6.70. The van der Waals surface area contributed by atoms with Crippen molar-refractivity contribution in [3.05, 3.63) is 59.4 Å². The number of methoxy groups -OCH3 is 2. The highest BCUT2D eigenvalue weighted by Gasteiger charge is 2.38. The molecule has 1 aliphatic rings. The van der Waals surface area contributed by atoms with Gasteiger partial charge in [0.1, 0.15) is 17.3 Å². The Morgan fingerprint density at radius 2 is 2.03 bits per heavy atom. The van der Waals surface area contributed by atoms with Gasteiger partial charge in [-0.1, -0.05) is 6.07 Å². The minimum absolute atomic E-state index is 0.198. The third kappa shape index (κ3) is 4.71. The highest BCUT2D eigenvalue weighted by Crippen LogP contribution is 2.37. The van der Waals surface area contributed by atoms with E-state index in [4.69, 9.17) is 14.2 Å². The number of pyridine rings is 1. The van der Waals surface area contributed by atoms with E-state index in [9.17, 15) is 9.59 Å². The van der Waals surface area contributed by atoms with Gasteiger partial charge in [0, 0.05) is 24.9 Å². The molecule has 3 rings (SSSR count). The van der Waals surface area contributed by atoms with Crippen LogP contribution in [-0.2, 0) is 9.53 Å². The van der Waals surface area contributed by atoms with E-state index in [0.29, 0.717) is 34.2 Å². The van der Waals surface area contributed by atoms with Gasteiger partial charge in [-0.15, -0.1) is 0 Å². The molecule has 31 heavy (non-hydrogen) atoms. The largest absolute Gasteiger partial charge is 0.497 e. The van der Waals surface area contributed by atoms with Crippen LogP contribution < -0.4 is 20.1 Å². The number of esters is 1. The Balaban J connectivity index is 2.09. The van der Waals surface area contributed by atoms with E-state index in [0.717, 1.165) is 0 Å². The molecule has 0 saturated heterocycles. The highest BCUT2D eigenvalue weighted by atomic mass is 16.5. The van der Waals surface area contributed by atoms with Crippen LogP contribution in [0.3, 0.4) is 0 Å². The lowest BCUT2D eigenvalue weighted by Crippen LogP contribution is -2.48. The Kier molecular flexibility index (Phi) is 6.96. The summed E-state index contributed by atoms with van der Waals surface area (Å²) in [7, 11) is 4.68. The molecule has 0 bridgehead atoms. The van der Waals surface area contributed by atoms with Gasteiger partial charge in [0.15, 0.2) is 0 Å². The molecule has 2 heterocycles. The van der Waals surface area contributed by atoms with E-state index in [1.165, 1.54) is 12.0 Å². The first-order chi connectivity index (χ1) is 15.0. The van der Waals surface area contributed by atoms with Crippen molar-refractivity contribution in [2.24, 2.45) is 0 Å². The average Bonchev–Trinajstić information content (AvgIpc) is 2.80. The molecule has 1 unspecified atom stereocenters. The number of nitrogens with one attached hydrogen (secondary N) is 2. The fourth-order valence-corrected chi connectivity index (χ4v) is 3.35. The Hall–Kier alpha value is -3.75. The number of rotatable bonds is 8. The first-order valence-corrected chi connectivity index (χ1v) is 9.81. The van der Waals surface area contributed by atoms with Gasteiger partial charge in [0.05, 0.1) is 44.7 Å². The predicted octanol–water partition coefficient (Wildman–Crippen LogP) is 2.72. The van der Waals surface area contributed by atoms with Crippen molar-refractivity contribution < 1.29 is 23.8 Å². The smallest absolute Gasteiger partial charge is 0.338 e. The lowest BCUT2D eigenvalue weighted by Gasteiger charge is -2.35. The van der Waals surface area contributed by atoms with Gasteiger partial charge in [-0.3, -0.25) is 4.90 Å². The monoisotopic (exact) mass is 426 g/mol. The summed E-state index contributed by atoms with van der Waals surface area (Å²) in [4.78, 5) is 31.4. The molecule has 1 atom stereocenters. The molecule has 2 N–H and O–H groups in total. The molecule has 0 radical (unpaired) electrons. The van der Waals surface area contributed by atoms with Gasteiger partial charge >= 0.3 is 12.0 Å². The molecule has 9 nitrogen and oxygen atoms in total. The number of nitrogens with zero attached hydrogens (tertiary/aromatic N) is 2. The number of ether oxygens (including phenoxy) is 3. The predicted molar refractivity (Wildman–Crippen MR) is 115 cm³/mol. The first kappa shape index (κ1) is 21.9. The number of carbonyl (C=O) groups is 2. The van der Waals surface area contributed by atoms with Crippen LogP contribution in [0, 0.1) is 0 Å². The SMILES string of the molecule is CCOC(=O)C1=C(CNc2ccccn2)N(C)C(=O)NC1c1ccc(OC)cc1OC. The number of amides is 2. The minimum Gasteiger partial charge on any atom is -0.497 e. The van der Waals surface area contributed by atoms with E-state index < -0.39 is 12.0 Å². The zero-order chi connectivity index (χ0) is 22.4. The van der Waals surface area contributed by atoms with E-state index >= 15 is 0 Å². The van der Waals surface area contributed by atoms with Crippen molar-refractivity contribution in [2.75, 3.05) is 39.7 Å². The fraction of sp³-hybridized carbons (Fsp3) is 0.318. The first-order valence-electron chi connectivity index (χ1n) is 9.81. The molecule has 164 valence electrons. The number of carbonyl (C=O) groups excluding carboxylic acids is 2. The number of aromatic nitrogens is 1. The summed E-state index contributed by atoms with van der Waals surface area (Å²) in [5, 5.41) is 6.04. The number of likely N-dealkylation sites (N-methyl/N-ethyl adjacent to an activating group) is 1. The standard InChI is InChI=1S/C22H26N4O5/c1-5-31-21(27)19-16(13-24-18-8-6-7-11-23-18)26(2)22(28)25-20(19)15-10-9-14(29-3)12-17(15)30-4/h6-12,20H,5,13H2,1-4H3,(H,23,24)(H,25,28). The fourth-order valence-electron chi connectivity index (χ4n) is 3.35. The highest BCUT2D eigenvalue weighted by molar-refractivity contribution is 5.95. The molecule has 9 heteroatoms. The van der Waals surface area contributed by atoms with Crippen LogP contribution in [0.2, 0.25) is 0 Å². The zero-order valence-electron chi connectivity index (χ0n) is 18.0. The van der Waals surface area contributed by atoms with Crippen LogP contribution in [0.1, 0.15) is 18.5 Å². The summed E-state index contributed by atoms with van der Waals surface area (Å²) < 4.78 is 16.1. The molecule has 1 aromatic heterocycles. The number of hydrogen-bond acceptors (Lipinski definition) is 7. The molecule has 2 amide bonds. The maximum absolute atomic E-state index is 13.0. The van der Waals surface area contributed by atoms with Crippen LogP contribution in [0.4, 0.5) is 10.6 Å². The summed E-state index contributed by atoms with van der Waals surface area (Å²) in [5.41, 5.74) is 1.41. The van der Waals surface area contributed by atoms with Crippen molar-refractivity contribution in [1.29, 1.82) is 0 Å². The maximum atomic E-state index is 13.0. The summed E-state index contributed by atoms with van der Waals surface area (Å²) >= 11 is 0. The Labute approximate surface area is 181 Å². The van der Waals surface area contributed by atoms with E-state index in [-0.39, 0.29) is 19.2 Å². The minimum atomic E-state index is -0.760.